The van der Waals surface area contributed by atoms with Crippen LogP contribution in [0.2, 0.25) is 0 Å². The van der Waals surface area contributed by atoms with Crippen LogP contribution in [0.5, 0.6) is 0 Å². The smallest absolute Gasteiger partial charge is 0.141 e. The molecular formula is C14H22FN3. The molecule has 1 aliphatic heterocycles. The average Bonchev–Trinajstić information content (AvgIpc) is 2.37. The fourth-order valence-electron chi connectivity index (χ4n) is 2.61. The number of hydrogen-bond donors (Lipinski definition) is 1. The van der Waals surface area contributed by atoms with Crippen molar-refractivity contribution >= 4 is 0 Å². The summed E-state index contributed by atoms with van der Waals surface area (Å²) in [5.41, 5.74) is 0.971. The van der Waals surface area contributed by atoms with Crippen LogP contribution in [0.4, 0.5) is 4.39 Å². The molecule has 18 heavy (non-hydrogen) atoms. The number of rotatable bonds is 5. The average molecular weight is 251 g/mol. The zero-order chi connectivity index (χ0) is 12.8. The van der Waals surface area contributed by atoms with E-state index in [9.17, 15) is 4.39 Å². The highest BCUT2D eigenvalue weighted by molar-refractivity contribution is 5.10. The molecule has 1 N–H and O–H groups in total. The summed E-state index contributed by atoms with van der Waals surface area (Å²) in [4.78, 5) is 6.31. The van der Waals surface area contributed by atoms with E-state index in [0.717, 1.165) is 44.2 Å². The van der Waals surface area contributed by atoms with Crippen molar-refractivity contribution in [3.8, 4) is 0 Å². The predicted octanol–water partition coefficient (Wildman–Crippen LogP) is 2.04. The van der Waals surface area contributed by atoms with E-state index in [4.69, 9.17) is 0 Å². The van der Waals surface area contributed by atoms with Gasteiger partial charge in [-0.1, -0.05) is 6.92 Å². The standard InChI is InChI=1S/C14H22FN3/c1-2-16-7-12-4-3-5-18(10-12)11-13-6-14(15)9-17-8-13/h6,8-9,12,16H,2-5,7,10-11H2,1H3. The van der Waals surface area contributed by atoms with Crippen LogP contribution < -0.4 is 5.32 Å². The van der Waals surface area contributed by atoms with Crippen LogP contribution in [0, 0.1) is 11.7 Å². The second-order valence-corrected chi connectivity index (χ2v) is 5.06. The van der Waals surface area contributed by atoms with Gasteiger partial charge in [-0.15, -0.1) is 0 Å². The first-order valence-corrected chi connectivity index (χ1v) is 6.80. The van der Waals surface area contributed by atoms with Gasteiger partial charge in [-0.3, -0.25) is 9.88 Å². The highest BCUT2D eigenvalue weighted by Crippen LogP contribution is 2.18. The van der Waals surface area contributed by atoms with Gasteiger partial charge in [0, 0.05) is 19.3 Å². The quantitative estimate of drug-likeness (QED) is 0.868. The number of likely N-dealkylation sites (tertiary alicyclic amines) is 1. The van der Waals surface area contributed by atoms with E-state index in [1.54, 1.807) is 12.3 Å². The van der Waals surface area contributed by atoms with Crippen LogP contribution in [-0.4, -0.2) is 36.1 Å². The number of halogens is 1. The molecule has 1 aliphatic rings. The van der Waals surface area contributed by atoms with E-state index in [1.165, 1.54) is 19.0 Å². The van der Waals surface area contributed by atoms with Gasteiger partial charge in [-0.2, -0.15) is 0 Å². The summed E-state index contributed by atoms with van der Waals surface area (Å²) >= 11 is 0. The summed E-state index contributed by atoms with van der Waals surface area (Å²) < 4.78 is 13.1. The van der Waals surface area contributed by atoms with Gasteiger partial charge in [-0.05, 0) is 50.0 Å². The third-order valence-electron chi connectivity index (χ3n) is 3.45. The molecule has 1 fully saturated rings. The summed E-state index contributed by atoms with van der Waals surface area (Å²) in [6, 6.07) is 1.58. The maximum absolute atomic E-state index is 13.1. The normalized spacial score (nSPS) is 21.1. The zero-order valence-corrected chi connectivity index (χ0v) is 11.0. The first-order valence-electron chi connectivity index (χ1n) is 6.80. The Balaban J connectivity index is 1.85. The van der Waals surface area contributed by atoms with Crippen LogP contribution >= 0.6 is 0 Å². The number of nitrogens with zero attached hydrogens (tertiary/aromatic N) is 2. The van der Waals surface area contributed by atoms with Crippen molar-refractivity contribution in [1.82, 2.24) is 15.2 Å². The fraction of sp³-hybridized carbons (Fsp3) is 0.643. The topological polar surface area (TPSA) is 28.2 Å². The van der Waals surface area contributed by atoms with Crippen LogP contribution in [0.1, 0.15) is 25.3 Å². The molecule has 2 heterocycles. The lowest BCUT2D eigenvalue weighted by atomic mass is 9.97. The molecular weight excluding hydrogens is 229 g/mol. The summed E-state index contributed by atoms with van der Waals surface area (Å²) in [7, 11) is 0. The van der Waals surface area contributed by atoms with Crippen molar-refractivity contribution < 1.29 is 4.39 Å². The second kappa shape index (κ2) is 6.81. The van der Waals surface area contributed by atoms with E-state index in [-0.39, 0.29) is 5.82 Å². The van der Waals surface area contributed by atoms with E-state index in [2.05, 4.69) is 22.1 Å². The Hall–Kier alpha value is -1.00. The third-order valence-corrected chi connectivity index (χ3v) is 3.45. The number of nitrogens with one attached hydrogen (secondary N) is 1. The molecule has 0 radical (unpaired) electrons. The molecule has 0 amide bonds. The van der Waals surface area contributed by atoms with Crippen molar-refractivity contribution in [2.75, 3.05) is 26.2 Å². The van der Waals surface area contributed by atoms with Crippen LogP contribution in [-0.2, 0) is 6.54 Å². The van der Waals surface area contributed by atoms with Gasteiger partial charge in [0.05, 0.1) is 6.20 Å². The van der Waals surface area contributed by atoms with Crippen LogP contribution in [0.3, 0.4) is 0 Å². The summed E-state index contributed by atoms with van der Waals surface area (Å²) in [6.07, 6.45) is 5.55. The van der Waals surface area contributed by atoms with E-state index < -0.39 is 0 Å². The van der Waals surface area contributed by atoms with Gasteiger partial charge in [0.2, 0.25) is 0 Å². The summed E-state index contributed by atoms with van der Waals surface area (Å²) in [6.45, 7) is 7.29. The molecule has 100 valence electrons. The highest BCUT2D eigenvalue weighted by Gasteiger charge is 2.19. The maximum atomic E-state index is 13.1. The van der Waals surface area contributed by atoms with E-state index in [1.807, 2.05) is 0 Å². The number of piperidine rings is 1. The molecule has 0 bridgehead atoms. The van der Waals surface area contributed by atoms with Crippen LogP contribution in [0.15, 0.2) is 18.5 Å². The Morgan fingerprint density at radius 3 is 3.17 bits per heavy atom. The second-order valence-electron chi connectivity index (χ2n) is 5.06. The van der Waals surface area contributed by atoms with E-state index in [0.29, 0.717) is 0 Å². The van der Waals surface area contributed by atoms with Gasteiger partial charge in [0.1, 0.15) is 5.82 Å². The first-order chi connectivity index (χ1) is 8.78. The Kier molecular flexibility index (Phi) is 5.08. The van der Waals surface area contributed by atoms with Crippen molar-refractivity contribution in [2.45, 2.75) is 26.3 Å². The lowest BCUT2D eigenvalue weighted by Crippen LogP contribution is -2.39. The van der Waals surface area contributed by atoms with Gasteiger partial charge in [0.15, 0.2) is 0 Å². The minimum atomic E-state index is -0.242. The minimum absolute atomic E-state index is 0.242. The number of pyridine rings is 1. The molecule has 1 aromatic heterocycles. The van der Waals surface area contributed by atoms with Gasteiger partial charge >= 0.3 is 0 Å². The monoisotopic (exact) mass is 251 g/mol. The Morgan fingerprint density at radius 2 is 2.39 bits per heavy atom. The lowest BCUT2D eigenvalue weighted by molar-refractivity contribution is 0.165. The Morgan fingerprint density at radius 1 is 1.50 bits per heavy atom. The predicted molar refractivity (Wildman–Crippen MR) is 70.7 cm³/mol. The van der Waals surface area contributed by atoms with Gasteiger partial charge in [-0.25, -0.2) is 4.39 Å². The molecule has 3 nitrogen and oxygen atoms in total. The first kappa shape index (κ1) is 13.4. The van der Waals surface area contributed by atoms with Crippen molar-refractivity contribution in [1.29, 1.82) is 0 Å². The SMILES string of the molecule is CCNCC1CCCN(Cc2cncc(F)c2)C1. The molecule has 0 spiro atoms. The number of aromatic nitrogens is 1. The number of hydrogen-bond acceptors (Lipinski definition) is 3. The molecule has 1 atom stereocenters. The van der Waals surface area contributed by atoms with Gasteiger partial charge in [0.25, 0.3) is 0 Å². The van der Waals surface area contributed by atoms with Crippen molar-refractivity contribution in [3.05, 3.63) is 29.8 Å². The molecule has 0 saturated carbocycles. The summed E-state index contributed by atoms with van der Waals surface area (Å²) in [5.74, 6) is 0.480. The molecule has 1 saturated heterocycles. The zero-order valence-electron chi connectivity index (χ0n) is 11.0. The summed E-state index contributed by atoms with van der Waals surface area (Å²) in [5, 5.41) is 3.41. The molecule has 0 aliphatic carbocycles. The molecule has 2 rings (SSSR count). The molecule has 0 aromatic carbocycles. The van der Waals surface area contributed by atoms with Gasteiger partial charge < -0.3 is 5.32 Å². The van der Waals surface area contributed by atoms with Crippen molar-refractivity contribution in [3.63, 3.8) is 0 Å². The molecule has 4 heteroatoms. The third kappa shape index (κ3) is 4.03. The highest BCUT2D eigenvalue weighted by atomic mass is 19.1. The molecule has 1 unspecified atom stereocenters. The largest absolute Gasteiger partial charge is 0.317 e. The fourth-order valence-corrected chi connectivity index (χ4v) is 2.61. The van der Waals surface area contributed by atoms with Crippen LogP contribution in [0.25, 0.3) is 0 Å². The van der Waals surface area contributed by atoms with E-state index >= 15 is 0 Å². The minimum Gasteiger partial charge on any atom is -0.317 e. The molecule has 1 aromatic rings. The maximum Gasteiger partial charge on any atom is 0.141 e. The van der Waals surface area contributed by atoms with Crippen molar-refractivity contribution in [2.24, 2.45) is 5.92 Å². The lowest BCUT2D eigenvalue weighted by Gasteiger charge is -2.32. The Labute approximate surface area is 108 Å². The Bertz CT molecular complexity index is 370.